The highest BCUT2D eigenvalue weighted by atomic mass is 31.2. The number of hydrogen-bond donors (Lipinski definition) is 2. The molecule has 11 atom stereocenters. The first-order valence-corrected chi connectivity index (χ1v) is 40.7. The molecule has 2 fully saturated rings. The molecule has 2 aliphatic rings. The van der Waals surface area contributed by atoms with Crippen molar-refractivity contribution in [3.05, 3.63) is 62.5 Å². The smallest absolute Gasteiger partial charge is 0.471 e. The van der Waals surface area contributed by atoms with Crippen molar-refractivity contribution in [1.29, 1.82) is 0 Å². The zero-order chi connectivity index (χ0) is 73.0. The van der Waals surface area contributed by atoms with Crippen LogP contribution in [-0.4, -0.2) is 152 Å². The summed E-state index contributed by atoms with van der Waals surface area (Å²) in [4.78, 5) is 56.2. The van der Waals surface area contributed by atoms with Gasteiger partial charge in [-0.15, -0.1) is 13.2 Å². The predicted molar refractivity (Wildman–Crippen MR) is 398 cm³/mol. The first kappa shape index (κ1) is 92.3. The van der Waals surface area contributed by atoms with Gasteiger partial charge in [0.1, 0.15) is 55.0 Å². The lowest BCUT2D eigenvalue weighted by Gasteiger charge is -2.48. The molecule has 2 rings (SSSR count). The maximum absolute atomic E-state index is 14.8. The monoisotopic (exact) mass is 1440 g/mol. The minimum Gasteiger partial charge on any atom is -0.471 e. The first-order chi connectivity index (χ1) is 48.8. The van der Waals surface area contributed by atoms with E-state index in [1.807, 2.05) is 0 Å². The number of methoxy groups -OCH3 is 2. The lowest BCUT2D eigenvalue weighted by molar-refractivity contribution is -0.303. The molecule has 2 N–H and O–H groups in total. The third-order valence-electron chi connectivity index (χ3n) is 18.2. The van der Waals surface area contributed by atoms with Crippen LogP contribution in [0, 0.1) is 0 Å². The van der Waals surface area contributed by atoms with Gasteiger partial charge in [0.2, 0.25) is 18.1 Å². The van der Waals surface area contributed by atoms with Gasteiger partial charge in [0, 0.05) is 40.3 Å². The highest BCUT2D eigenvalue weighted by Gasteiger charge is 2.54. The molecule has 0 aromatic rings. The Morgan fingerprint density at radius 1 is 0.500 bits per heavy atom. The SMILES string of the molecule is C=CCOC(=O)O[C@@H]1C(COC2OC(COC)[C@@H](OP(=O)(OCC=C)OCC=C)C(OCCC(CCCCCCC)OC)[C@H]2NC(=O)CCCCCCCCC/C=C\CCCCCC)O[C@H](O/C=C\C)[C@H](NC(=O)CC(=O)CCCCCCCCCCC)C1OCCCCCCCCCC. The van der Waals surface area contributed by atoms with Crippen molar-refractivity contribution < 1.29 is 84.7 Å². The van der Waals surface area contributed by atoms with Gasteiger partial charge < -0.3 is 58.0 Å². The summed E-state index contributed by atoms with van der Waals surface area (Å²) >= 11 is 0. The Balaban J connectivity index is 2.74. The van der Waals surface area contributed by atoms with Gasteiger partial charge in [-0.2, -0.15) is 0 Å². The maximum atomic E-state index is 14.8. The molecule has 0 aromatic heterocycles. The molecule has 2 saturated heterocycles. The molecule has 21 heteroatoms. The van der Waals surface area contributed by atoms with Crippen molar-refractivity contribution in [3.8, 4) is 0 Å². The van der Waals surface area contributed by atoms with Crippen molar-refractivity contribution in [2.24, 2.45) is 0 Å². The normalized spacial score (nSPS) is 21.3. The van der Waals surface area contributed by atoms with Gasteiger partial charge in [-0.3, -0.25) is 28.0 Å². The van der Waals surface area contributed by atoms with Crippen molar-refractivity contribution >= 4 is 31.6 Å². The summed E-state index contributed by atoms with van der Waals surface area (Å²) in [5, 5.41) is 6.22. The average molecular weight is 1440 g/mol. The van der Waals surface area contributed by atoms with E-state index in [1.165, 1.54) is 102 Å². The second-order valence-corrected chi connectivity index (χ2v) is 28.5. The number of phosphoric acid groups is 1. The molecule has 0 radical (unpaired) electrons. The van der Waals surface area contributed by atoms with E-state index in [4.69, 9.17) is 60.9 Å². The fourth-order valence-corrected chi connectivity index (χ4v) is 13.8. The standard InChI is InChI=1S/C79H141N2O18P/c1-11-19-23-27-30-33-34-35-36-37-38-40-42-46-50-54-69(83)80-72-76(90-61-55-66(88-10)53-49-44-26-22-14-4)74(99-100(86,94-58-17-7)95-59-18-8)67(63-87-9)96-78(72)93-64-68-73(98-79(85)92-57-16-6)75(89-60-51-47-43-32-29-25-21-13-3)71(77(97-68)91-56-15-5)81-70(84)62-65(82)52-48-45-41-39-31-28-24-20-12-2/h15-18,33-34,56,66-68,71-78H,6-8,11-14,19-32,35-55,57-64H2,1-5,9-10H3,(H,80,83)(H,81,84)/b34-33-,56-15-/t66?,67?,68?,71-,72-,73-,74-,75?,76?,77+,78?/m1/s1. The molecular formula is C79H141N2O18P. The Labute approximate surface area is 606 Å². The molecule has 0 aliphatic carbocycles. The van der Waals surface area contributed by atoms with Gasteiger partial charge in [0.05, 0.1) is 45.2 Å². The van der Waals surface area contributed by atoms with Gasteiger partial charge in [-0.05, 0) is 64.7 Å². The summed E-state index contributed by atoms with van der Waals surface area (Å²) in [5.41, 5.74) is 0. The van der Waals surface area contributed by atoms with Crippen LogP contribution in [-0.2, 0) is 79.9 Å². The van der Waals surface area contributed by atoms with Crippen molar-refractivity contribution in [2.45, 2.75) is 359 Å². The third kappa shape index (κ3) is 43.5. The van der Waals surface area contributed by atoms with Crippen LogP contribution in [0.5, 0.6) is 0 Å². The molecule has 580 valence electrons. The first-order valence-electron chi connectivity index (χ1n) is 39.3. The van der Waals surface area contributed by atoms with E-state index < -0.39 is 94.2 Å². The molecule has 2 amide bonds. The van der Waals surface area contributed by atoms with Crippen molar-refractivity contribution in [1.82, 2.24) is 10.6 Å². The summed E-state index contributed by atoms with van der Waals surface area (Å²) < 4.78 is 96.9. The summed E-state index contributed by atoms with van der Waals surface area (Å²) in [7, 11) is -1.33. The van der Waals surface area contributed by atoms with Gasteiger partial charge in [0.25, 0.3) is 0 Å². The Hall–Kier alpha value is -3.79. The number of ketones is 1. The van der Waals surface area contributed by atoms with Gasteiger partial charge >= 0.3 is 14.0 Å². The number of carbonyl (C=O) groups excluding carboxylic acids is 4. The summed E-state index contributed by atoms with van der Waals surface area (Å²) in [6.07, 6.45) is 39.6. The van der Waals surface area contributed by atoms with E-state index in [9.17, 15) is 23.7 Å². The zero-order valence-corrected chi connectivity index (χ0v) is 64.4. The van der Waals surface area contributed by atoms with Crippen LogP contribution in [0.4, 0.5) is 4.79 Å². The highest BCUT2D eigenvalue weighted by Crippen LogP contribution is 2.52. The Kier molecular flexibility index (Phi) is 57.8. The highest BCUT2D eigenvalue weighted by molar-refractivity contribution is 7.48. The number of hydrogen-bond acceptors (Lipinski definition) is 18. The molecule has 0 saturated carbocycles. The second kappa shape index (κ2) is 62.6. The van der Waals surface area contributed by atoms with Crippen LogP contribution in [0.1, 0.15) is 291 Å². The largest absolute Gasteiger partial charge is 0.509 e. The number of rotatable bonds is 68. The van der Waals surface area contributed by atoms with Crippen LogP contribution in [0.2, 0.25) is 0 Å². The number of phosphoric ester groups is 1. The minimum atomic E-state index is -4.49. The molecule has 2 heterocycles. The fraction of sp³-hybridized carbons (Fsp3) is 0.823. The topological polar surface area (TPSA) is 229 Å². The summed E-state index contributed by atoms with van der Waals surface area (Å²) in [6, 6.07) is -2.33. The van der Waals surface area contributed by atoms with E-state index in [-0.39, 0.29) is 70.3 Å². The van der Waals surface area contributed by atoms with Crippen LogP contribution in [0.15, 0.2) is 62.5 Å². The average Bonchev–Trinajstić information content (AvgIpc) is 0.784. The second-order valence-electron chi connectivity index (χ2n) is 26.9. The quantitative estimate of drug-likeness (QED) is 0.0144. The number of nitrogens with one attached hydrogen (secondary N) is 2. The van der Waals surface area contributed by atoms with Gasteiger partial charge in [0.15, 0.2) is 12.4 Å². The minimum absolute atomic E-state index is 0.103. The third-order valence-corrected chi connectivity index (χ3v) is 19.6. The van der Waals surface area contributed by atoms with E-state index in [0.29, 0.717) is 25.7 Å². The molecule has 20 nitrogen and oxygen atoms in total. The van der Waals surface area contributed by atoms with E-state index >= 15 is 0 Å². The van der Waals surface area contributed by atoms with E-state index in [0.717, 1.165) is 141 Å². The number of amides is 2. The number of allylic oxidation sites excluding steroid dienone is 3. The van der Waals surface area contributed by atoms with Crippen LogP contribution in [0.25, 0.3) is 0 Å². The van der Waals surface area contributed by atoms with Crippen LogP contribution < -0.4 is 10.6 Å². The summed E-state index contributed by atoms with van der Waals surface area (Å²) in [5.74, 6) is -1.10. The van der Waals surface area contributed by atoms with Crippen LogP contribution >= 0.6 is 7.82 Å². The van der Waals surface area contributed by atoms with E-state index in [1.54, 1.807) is 20.1 Å². The lowest BCUT2D eigenvalue weighted by Crippen LogP contribution is -2.68. The molecule has 0 spiro atoms. The van der Waals surface area contributed by atoms with Gasteiger partial charge in [-0.25, -0.2) is 9.36 Å². The molecule has 0 aromatic carbocycles. The lowest BCUT2D eigenvalue weighted by atomic mass is 9.95. The predicted octanol–water partition coefficient (Wildman–Crippen LogP) is 18.8. The van der Waals surface area contributed by atoms with Crippen LogP contribution in [0.3, 0.4) is 0 Å². The Morgan fingerprint density at radius 2 is 0.970 bits per heavy atom. The Morgan fingerprint density at radius 3 is 1.52 bits per heavy atom. The molecule has 0 bridgehead atoms. The van der Waals surface area contributed by atoms with Crippen molar-refractivity contribution in [3.63, 3.8) is 0 Å². The van der Waals surface area contributed by atoms with Gasteiger partial charge in [-0.1, -0.05) is 251 Å². The Bertz CT molecular complexity index is 2170. The number of unbranched alkanes of at least 4 members (excludes halogenated alkanes) is 30. The number of ether oxygens (including phenoxy) is 10. The zero-order valence-electron chi connectivity index (χ0n) is 63.5. The fourth-order valence-electron chi connectivity index (χ4n) is 12.5. The molecule has 2 aliphatic heterocycles. The van der Waals surface area contributed by atoms with E-state index in [2.05, 4.69) is 70.2 Å². The molecular weight excluding hydrogens is 1300 g/mol. The molecule has 100 heavy (non-hydrogen) atoms. The number of carbonyl (C=O) groups is 4. The molecule has 6 unspecified atom stereocenters. The maximum Gasteiger partial charge on any atom is 0.509 e. The number of Topliss-reactive ketones (excluding diaryl/α,β-unsaturated/α-hetero) is 1. The van der Waals surface area contributed by atoms with Crippen molar-refractivity contribution in [2.75, 3.05) is 60.5 Å². The summed E-state index contributed by atoms with van der Waals surface area (Å²) in [6.45, 7) is 21.0.